The van der Waals surface area contributed by atoms with Crippen LogP contribution >= 0.6 is 11.6 Å². The molecule has 3 heterocycles. The lowest BCUT2D eigenvalue weighted by atomic mass is 10.0. The Morgan fingerprint density at radius 2 is 1.81 bits per heavy atom. The third-order valence-electron chi connectivity index (χ3n) is 4.67. The molecule has 136 valence electrons. The van der Waals surface area contributed by atoms with E-state index in [1.807, 2.05) is 6.07 Å². The fourth-order valence-electron chi connectivity index (χ4n) is 3.25. The molecule has 4 rings (SSSR count). The van der Waals surface area contributed by atoms with Gasteiger partial charge in [-0.3, -0.25) is 4.79 Å². The first-order valence-electron chi connectivity index (χ1n) is 8.58. The van der Waals surface area contributed by atoms with E-state index >= 15 is 0 Å². The first-order valence-corrected chi connectivity index (χ1v) is 8.96. The second-order valence-electron chi connectivity index (χ2n) is 6.31. The summed E-state index contributed by atoms with van der Waals surface area (Å²) in [4.78, 5) is 14.4. The number of amides is 1. The summed E-state index contributed by atoms with van der Waals surface area (Å²) in [6, 6.07) is 10.5. The number of piperidine rings is 1. The van der Waals surface area contributed by atoms with E-state index in [4.69, 9.17) is 21.1 Å². The molecule has 0 saturated carbocycles. The number of carbonyl (C=O) groups is 1. The summed E-state index contributed by atoms with van der Waals surface area (Å²) in [5, 5.41) is 11.5. The summed E-state index contributed by atoms with van der Waals surface area (Å²) in [6.45, 7) is 2.92. The Kier molecular flexibility index (Phi) is 4.76. The molecule has 0 radical (unpaired) electrons. The molecule has 7 nitrogen and oxygen atoms in total. The lowest BCUT2D eigenvalue weighted by Gasteiger charge is -2.37. The van der Waals surface area contributed by atoms with Gasteiger partial charge in [-0.2, -0.15) is 0 Å². The topological polar surface area (TPSA) is 76.6 Å². The number of hydrogen-bond donors (Lipinski definition) is 1. The number of aromatic nitrogens is 2. The van der Waals surface area contributed by atoms with Crippen LogP contribution < -0.4 is 10.2 Å². The van der Waals surface area contributed by atoms with Crippen LogP contribution in [-0.2, 0) is 9.47 Å². The van der Waals surface area contributed by atoms with Crippen LogP contribution in [0.25, 0.3) is 0 Å². The Bertz CT molecular complexity index is 783. The highest BCUT2D eigenvalue weighted by atomic mass is 35.5. The van der Waals surface area contributed by atoms with Gasteiger partial charge in [0.1, 0.15) is 0 Å². The monoisotopic (exact) mass is 374 g/mol. The van der Waals surface area contributed by atoms with E-state index < -0.39 is 5.79 Å². The third kappa shape index (κ3) is 3.51. The standard InChI is InChI=1S/C18H19ClN4O3/c19-14-4-2-1-3-13(14)17(24)20-15-5-6-16(22-21-15)23-9-7-18(8-10-23)25-11-12-26-18/h1-6H,7-12H2,(H,20,21,24). The number of anilines is 2. The zero-order chi connectivity index (χ0) is 18.0. The van der Waals surface area contributed by atoms with Gasteiger partial charge in [0, 0.05) is 25.9 Å². The number of benzene rings is 1. The Morgan fingerprint density at radius 1 is 1.08 bits per heavy atom. The van der Waals surface area contributed by atoms with Gasteiger partial charge < -0.3 is 19.7 Å². The summed E-state index contributed by atoms with van der Waals surface area (Å²) in [5.41, 5.74) is 0.401. The molecule has 0 atom stereocenters. The van der Waals surface area contributed by atoms with Crippen molar-refractivity contribution in [1.82, 2.24) is 10.2 Å². The van der Waals surface area contributed by atoms with Gasteiger partial charge in [-0.05, 0) is 24.3 Å². The number of hydrogen-bond acceptors (Lipinski definition) is 6. The summed E-state index contributed by atoms with van der Waals surface area (Å²) in [7, 11) is 0. The Balaban J connectivity index is 1.38. The van der Waals surface area contributed by atoms with E-state index in [9.17, 15) is 4.79 Å². The van der Waals surface area contributed by atoms with E-state index in [1.165, 1.54) is 0 Å². The summed E-state index contributed by atoms with van der Waals surface area (Å²) in [6.07, 6.45) is 1.61. The molecule has 2 aliphatic heterocycles. The second-order valence-corrected chi connectivity index (χ2v) is 6.71. The lowest BCUT2D eigenvalue weighted by molar-refractivity contribution is -0.169. The predicted molar refractivity (Wildman–Crippen MR) is 97.5 cm³/mol. The number of nitrogens with zero attached hydrogens (tertiary/aromatic N) is 3. The number of ether oxygens (including phenoxy) is 2. The van der Waals surface area contributed by atoms with Crippen molar-refractivity contribution in [2.45, 2.75) is 18.6 Å². The molecule has 8 heteroatoms. The fraction of sp³-hybridized carbons (Fsp3) is 0.389. The molecule has 1 N–H and O–H groups in total. The van der Waals surface area contributed by atoms with Gasteiger partial charge >= 0.3 is 0 Å². The normalized spacial score (nSPS) is 18.9. The lowest BCUT2D eigenvalue weighted by Crippen LogP contribution is -2.45. The first kappa shape index (κ1) is 17.2. The van der Waals surface area contributed by atoms with E-state index in [0.29, 0.717) is 29.6 Å². The highest BCUT2D eigenvalue weighted by Gasteiger charge is 2.40. The van der Waals surface area contributed by atoms with Gasteiger partial charge in [-0.15, -0.1) is 10.2 Å². The van der Waals surface area contributed by atoms with Crippen LogP contribution in [0.4, 0.5) is 11.6 Å². The molecule has 2 aromatic rings. The van der Waals surface area contributed by atoms with Crippen molar-refractivity contribution in [3.05, 3.63) is 47.0 Å². The summed E-state index contributed by atoms with van der Waals surface area (Å²) < 4.78 is 11.5. The van der Waals surface area contributed by atoms with E-state index in [1.54, 1.807) is 30.3 Å². The number of nitrogens with one attached hydrogen (secondary N) is 1. The minimum Gasteiger partial charge on any atom is -0.355 e. The SMILES string of the molecule is O=C(Nc1ccc(N2CCC3(CC2)OCCO3)nn1)c1ccccc1Cl. The van der Waals surface area contributed by atoms with Crippen molar-refractivity contribution < 1.29 is 14.3 Å². The van der Waals surface area contributed by atoms with Gasteiger partial charge in [-0.1, -0.05) is 23.7 Å². The van der Waals surface area contributed by atoms with Gasteiger partial charge in [0.2, 0.25) is 0 Å². The van der Waals surface area contributed by atoms with E-state index in [-0.39, 0.29) is 5.91 Å². The first-order chi connectivity index (χ1) is 12.7. The molecular weight excluding hydrogens is 356 g/mol. The van der Waals surface area contributed by atoms with Crippen molar-refractivity contribution in [3.63, 3.8) is 0 Å². The molecule has 1 amide bonds. The van der Waals surface area contributed by atoms with Crippen LogP contribution in [0.1, 0.15) is 23.2 Å². The molecule has 2 fully saturated rings. The minimum atomic E-state index is -0.410. The molecule has 2 saturated heterocycles. The van der Waals surface area contributed by atoms with Crippen LogP contribution in [0.2, 0.25) is 5.02 Å². The van der Waals surface area contributed by atoms with Gasteiger partial charge in [0.25, 0.3) is 5.91 Å². The minimum absolute atomic E-state index is 0.312. The predicted octanol–water partition coefficient (Wildman–Crippen LogP) is 2.73. The quantitative estimate of drug-likeness (QED) is 0.890. The molecule has 1 spiro atoms. The van der Waals surface area contributed by atoms with Crippen LogP contribution in [0, 0.1) is 0 Å². The molecular formula is C18H19ClN4O3. The molecule has 0 unspecified atom stereocenters. The second kappa shape index (κ2) is 7.19. The highest BCUT2D eigenvalue weighted by molar-refractivity contribution is 6.34. The number of rotatable bonds is 3. The maximum Gasteiger partial charge on any atom is 0.258 e. The van der Waals surface area contributed by atoms with Gasteiger partial charge in [0.05, 0.1) is 23.8 Å². The fourth-order valence-corrected chi connectivity index (χ4v) is 3.47. The third-order valence-corrected chi connectivity index (χ3v) is 5.00. The molecule has 2 aliphatic rings. The van der Waals surface area contributed by atoms with Crippen molar-refractivity contribution in [2.24, 2.45) is 0 Å². The number of halogens is 1. The van der Waals surface area contributed by atoms with E-state index in [2.05, 4.69) is 20.4 Å². The van der Waals surface area contributed by atoms with Crippen LogP contribution in [0.15, 0.2) is 36.4 Å². The molecule has 1 aromatic heterocycles. The molecule has 0 bridgehead atoms. The molecule has 1 aromatic carbocycles. The highest BCUT2D eigenvalue weighted by Crippen LogP contribution is 2.32. The largest absolute Gasteiger partial charge is 0.355 e. The average molecular weight is 375 g/mol. The Morgan fingerprint density at radius 3 is 2.46 bits per heavy atom. The smallest absolute Gasteiger partial charge is 0.258 e. The van der Waals surface area contributed by atoms with Gasteiger partial charge in [-0.25, -0.2) is 0 Å². The Hall–Kier alpha value is -2.22. The maximum atomic E-state index is 12.3. The van der Waals surface area contributed by atoms with E-state index in [0.717, 1.165) is 31.7 Å². The van der Waals surface area contributed by atoms with Crippen LogP contribution in [-0.4, -0.2) is 48.2 Å². The Labute approximate surface area is 156 Å². The summed E-state index contributed by atoms with van der Waals surface area (Å²) >= 11 is 6.04. The van der Waals surface area contributed by atoms with Crippen LogP contribution in [0.3, 0.4) is 0 Å². The van der Waals surface area contributed by atoms with Crippen LogP contribution in [0.5, 0.6) is 0 Å². The van der Waals surface area contributed by atoms with Crippen molar-refractivity contribution >= 4 is 29.1 Å². The van der Waals surface area contributed by atoms with Gasteiger partial charge in [0.15, 0.2) is 17.4 Å². The van der Waals surface area contributed by atoms with Crippen molar-refractivity contribution in [2.75, 3.05) is 36.5 Å². The molecule has 0 aliphatic carbocycles. The maximum absolute atomic E-state index is 12.3. The summed E-state index contributed by atoms with van der Waals surface area (Å²) in [5.74, 6) is 0.434. The number of carbonyl (C=O) groups excluding carboxylic acids is 1. The van der Waals surface area contributed by atoms with Crippen molar-refractivity contribution in [3.8, 4) is 0 Å². The zero-order valence-corrected chi connectivity index (χ0v) is 14.9. The van der Waals surface area contributed by atoms with Crippen molar-refractivity contribution in [1.29, 1.82) is 0 Å². The average Bonchev–Trinajstić information content (AvgIpc) is 3.11. The molecule has 26 heavy (non-hydrogen) atoms. The zero-order valence-electron chi connectivity index (χ0n) is 14.2.